The minimum atomic E-state index is -3.44. The molecular formula is C9H18N2O3S2. The Kier molecular flexibility index (Phi) is 4.66. The Morgan fingerprint density at radius 2 is 2.31 bits per heavy atom. The van der Waals surface area contributed by atoms with E-state index in [9.17, 15) is 8.42 Å². The molecule has 7 heteroatoms. The Balaban J connectivity index is 2.64. The molecule has 1 aliphatic rings. The molecular weight excluding hydrogens is 248 g/mol. The van der Waals surface area contributed by atoms with Crippen molar-refractivity contribution < 1.29 is 13.2 Å². The Morgan fingerprint density at radius 3 is 2.75 bits per heavy atom. The van der Waals surface area contributed by atoms with Crippen LogP contribution in [0.5, 0.6) is 0 Å². The van der Waals surface area contributed by atoms with Crippen molar-refractivity contribution in [1.29, 1.82) is 0 Å². The predicted molar refractivity (Wildman–Crippen MR) is 66.8 cm³/mol. The van der Waals surface area contributed by atoms with E-state index >= 15 is 0 Å². The largest absolute Gasteiger partial charge is 0.392 e. The van der Waals surface area contributed by atoms with E-state index in [0.717, 1.165) is 12.8 Å². The molecule has 1 aliphatic heterocycles. The fourth-order valence-corrected chi connectivity index (χ4v) is 3.17. The van der Waals surface area contributed by atoms with Gasteiger partial charge in [-0.15, -0.1) is 0 Å². The third kappa shape index (κ3) is 3.13. The van der Waals surface area contributed by atoms with Crippen LogP contribution in [0, 0.1) is 0 Å². The van der Waals surface area contributed by atoms with Gasteiger partial charge in [0.05, 0.1) is 11.1 Å². The standard InChI is InChI=1S/C9H18N2O3S2/c1-7(9(10)15)16(12,13)11(2)6-8-4-3-5-14-8/h7-8H,3-6H2,1-2H3,(H2,10,15). The maximum absolute atomic E-state index is 12.0. The summed E-state index contributed by atoms with van der Waals surface area (Å²) in [6.45, 7) is 2.59. The van der Waals surface area contributed by atoms with Crippen LogP contribution in [0.25, 0.3) is 0 Å². The molecule has 1 fully saturated rings. The zero-order valence-electron chi connectivity index (χ0n) is 9.55. The molecule has 0 aromatic heterocycles. The van der Waals surface area contributed by atoms with E-state index < -0.39 is 15.3 Å². The Hall–Kier alpha value is -0.240. The van der Waals surface area contributed by atoms with Crippen molar-refractivity contribution in [3.05, 3.63) is 0 Å². The Labute approximate surface area is 102 Å². The molecule has 0 bridgehead atoms. The molecule has 1 rings (SSSR count). The van der Waals surface area contributed by atoms with Crippen LogP contribution in [0.3, 0.4) is 0 Å². The number of hydrogen-bond donors (Lipinski definition) is 1. The second kappa shape index (κ2) is 5.39. The average Bonchev–Trinajstić information content (AvgIpc) is 2.68. The normalized spacial score (nSPS) is 23.6. The SMILES string of the molecule is CC(C(N)=S)S(=O)(=O)N(C)CC1CCCO1. The molecule has 0 amide bonds. The maximum Gasteiger partial charge on any atom is 0.223 e. The van der Waals surface area contributed by atoms with Crippen LogP contribution >= 0.6 is 12.2 Å². The Bertz CT molecular complexity index is 350. The first-order chi connectivity index (χ1) is 7.35. The van der Waals surface area contributed by atoms with Crippen molar-refractivity contribution >= 4 is 27.2 Å². The summed E-state index contributed by atoms with van der Waals surface area (Å²) in [7, 11) is -1.91. The summed E-state index contributed by atoms with van der Waals surface area (Å²) in [5.74, 6) is 0. The average molecular weight is 266 g/mol. The molecule has 2 N–H and O–H groups in total. The molecule has 0 radical (unpaired) electrons. The van der Waals surface area contributed by atoms with Crippen molar-refractivity contribution in [1.82, 2.24) is 4.31 Å². The number of ether oxygens (including phenoxy) is 1. The van der Waals surface area contributed by atoms with Crippen LogP contribution in [-0.2, 0) is 14.8 Å². The van der Waals surface area contributed by atoms with Gasteiger partial charge in [-0.25, -0.2) is 12.7 Å². The van der Waals surface area contributed by atoms with Crippen LogP contribution in [0.1, 0.15) is 19.8 Å². The highest BCUT2D eigenvalue weighted by atomic mass is 32.2. The van der Waals surface area contributed by atoms with Crippen molar-refractivity contribution in [2.75, 3.05) is 20.2 Å². The molecule has 0 aromatic carbocycles. The molecule has 1 saturated heterocycles. The zero-order chi connectivity index (χ0) is 12.3. The van der Waals surface area contributed by atoms with E-state index in [1.54, 1.807) is 0 Å². The van der Waals surface area contributed by atoms with Gasteiger partial charge in [0.15, 0.2) is 0 Å². The number of nitrogens with zero attached hydrogens (tertiary/aromatic N) is 1. The molecule has 1 heterocycles. The van der Waals surface area contributed by atoms with Gasteiger partial charge in [-0.2, -0.15) is 0 Å². The smallest absolute Gasteiger partial charge is 0.223 e. The molecule has 0 saturated carbocycles. The molecule has 0 aliphatic carbocycles. The van der Waals surface area contributed by atoms with Crippen LogP contribution in [0.2, 0.25) is 0 Å². The highest BCUT2D eigenvalue weighted by Gasteiger charge is 2.30. The summed E-state index contributed by atoms with van der Waals surface area (Å²) in [5.41, 5.74) is 5.36. The lowest BCUT2D eigenvalue weighted by Crippen LogP contribution is -2.43. The van der Waals surface area contributed by atoms with Crippen molar-refractivity contribution in [3.8, 4) is 0 Å². The molecule has 0 aromatic rings. The van der Waals surface area contributed by atoms with Crippen molar-refractivity contribution in [2.24, 2.45) is 5.73 Å². The van der Waals surface area contributed by atoms with Crippen LogP contribution in [0.15, 0.2) is 0 Å². The first kappa shape index (κ1) is 13.8. The van der Waals surface area contributed by atoms with E-state index in [1.165, 1.54) is 18.3 Å². The molecule has 16 heavy (non-hydrogen) atoms. The molecule has 2 atom stereocenters. The summed E-state index contributed by atoms with van der Waals surface area (Å²) < 4.78 is 30.6. The number of nitrogens with two attached hydrogens (primary N) is 1. The summed E-state index contributed by atoms with van der Waals surface area (Å²) in [5, 5.41) is -0.825. The summed E-state index contributed by atoms with van der Waals surface area (Å²) in [6, 6.07) is 0. The first-order valence-corrected chi connectivity index (χ1v) is 7.13. The lowest BCUT2D eigenvalue weighted by Gasteiger charge is -2.23. The highest BCUT2D eigenvalue weighted by Crippen LogP contribution is 2.16. The summed E-state index contributed by atoms with van der Waals surface area (Å²) in [6.07, 6.45) is 1.89. The molecule has 0 spiro atoms. The third-order valence-electron chi connectivity index (χ3n) is 2.77. The minimum absolute atomic E-state index is 0.000750. The number of sulfonamides is 1. The number of thiocarbonyl (C=S) groups is 1. The zero-order valence-corrected chi connectivity index (χ0v) is 11.2. The van der Waals surface area contributed by atoms with Gasteiger partial charge in [0.2, 0.25) is 10.0 Å². The van der Waals surface area contributed by atoms with Gasteiger partial charge in [-0.3, -0.25) is 0 Å². The monoisotopic (exact) mass is 266 g/mol. The fraction of sp³-hybridized carbons (Fsp3) is 0.889. The Morgan fingerprint density at radius 1 is 1.69 bits per heavy atom. The minimum Gasteiger partial charge on any atom is -0.392 e. The summed E-state index contributed by atoms with van der Waals surface area (Å²) >= 11 is 4.71. The van der Waals surface area contributed by atoms with Crippen LogP contribution < -0.4 is 5.73 Å². The van der Waals surface area contributed by atoms with Crippen LogP contribution in [0.4, 0.5) is 0 Å². The predicted octanol–water partition coefficient (Wildman–Crippen LogP) is 0.102. The topological polar surface area (TPSA) is 72.6 Å². The number of rotatable bonds is 5. The second-order valence-corrected chi connectivity index (χ2v) is 6.84. The van der Waals surface area contributed by atoms with Crippen molar-refractivity contribution in [2.45, 2.75) is 31.1 Å². The first-order valence-electron chi connectivity index (χ1n) is 5.21. The molecule has 2 unspecified atom stereocenters. The third-order valence-corrected chi connectivity index (χ3v) is 5.43. The summed E-state index contributed by atoms with van der Waals surface area (Å²) in [4.78, 5) is -0.000750. The van der Waals surface area contributed by atoms with Crippen molar-refractivity contribution in [3.63, 3.8) is 0 Å². The highest BCUT2D eigenvalue weighted by molar-refractivity contribution is 7.92. The van der Waals surface area contributed by atoms with E-state index in [0.29, 0.717) is 13.2 Å². The van der Waals surface area contributed by atoms with Crippen LogP contribution in [-0.4, -0.2) is 49.3 Å². The van der Waals surface area contributed by atoms with Gasteiger partial charge in [-0.05, 0) is 19.8 Å². The number of likely N-dealkylation sites (N-methyl/N-ethyl adjacent to an activating group) is 1. The maximum atomic E-state index is 12.0. The van der Waals surface area contributed by atoms with Gasteiger partial charge < -0.3 is 10.5 Å². The molecule has 94 valence electrons. The van der Waals surface area contributed by atoms with E-state index in [-0.39, 0.29) is 11.1 Å². The van der Waals surface area contributed by atoms with E-state index in [2.05, 4.69) is 0 Å². The van der Waals surface area contributed by atoms with Gasteiger partial charge in [0.25, 0.3) is 0 Å². The molecule has 5 nitrogen and oxygen atoms in total. The lowest BCUT2D eigenvalue weighted by atomic mass is 10.2. The lowest BCUT2D eigenvalue weighted by molar-refractivity contribution is 0.0978. The number of hydrogen-bond acceptors (Lipinski definition) is 4. The second-order valence-electron chi connectivity index (χ2n) is 4.01. The van der Waals surface area contributed by atoms with Gasteiger partial charge in [-0.1, -0.05) is 12.2 Å². The van der Waals surface area contributed by atoms with Gasteiger partial charge >= 0.3 is 0 Å². The van der Waals surface area contributed by atoms with E-state index in [1.807, 2.05) is 0 Å². The quantitative estimate of drug-likeness (QED) is 0.715. The fourth-order valence-electron chi connectivity index (χ4n) is 1.60. The van der Waals surface area contributed by atoms with Gasteiger partial charge in [0, 0.05) is 20.2 Å². The van der Waals surface area contributed by atoms with Gasteiger partial charge in [0.1, 0.15) is 5.25 Å². The van der Waals surface area contributed by atoms with E-state index in [4.69, 9.17) is 22.7 Å².